The third-order valence-corrected chi connectivity index (χ3v) is 4.42. The molecule has 3 rings (SSSR count). The van der Waals surface area contributed by atoms with Gasteiger partial charge in [-0.15, -0.1) is 0 Å². The van der Waals surface area contributed by atoms with Crippen LogP contribution in [0.5, 0.6) is 11.5 Å². The summed E-state index contributed by atoms with van der Waals surface area (Å²) in [6.07, 6.45) is 4.50. The lowest BCUT2D eigenvalue weighted by Crippen LogP contribution is -2.42. The largest absolute Gasteiger partial charge is 0.486 e. The zero-order valence-electron chi connectivity index (χ0n) is 15.3. The quantitative estimate of drug-likeness (QED) is 0.745. The summed E-state index contributed by atoms with van der Waals surface area (Å²) in [5.41, 5.74) is 0.878. The lowest BCUT2D eigenvalue weighted by atomic mass is 9.84. The molecule has 1 aliphatic heterocycles. The van der Waals surface area contributed by atoms with Crippen molar-refractivity contribution in [2.24, 2.45) is 0 Å². The average molecular weight is 358 g/mol. The van der Waals surface area contributed by atoms with E-state index in [1.165, 1.54) is 0 Å². The first kappa shape index (κ1) is 18.1. The van der Waals surface area contributed by atoms with Crippen LogP contribution >= 0.6 is 0 Å². The van der Waals surface area contributed by atoms with Crippen LogP contribution in [0.3, 0.4) is 0 Å². The lowest BCUT2D eigenvalue weighted by molar-refractivity contribution is 0.171. The molecule has 26 heavy (non-hydrogen) atoms. The minimum atomic E-state index is -0.220. The molecule has 0 unspecified atom stereocenters. The van der Waals surface area contributed by atoms with E-state index in [-0.39, 0.29) is 11.4 Å². The maximum atomic E-state index is 12.0. The summed E-state index contributed by atoms with van der Waals surface area (Å²) in [4.78, 5) is 12.0. The predicted octanol–water partition coefficient (Wildman–Crippen LogP) is 2.32. The van der Waals surface area contributed by atoms with Crippen LogP contribution in [0.15, 0.2) is 36.7 Å². The summed E-state index contributed by atoms with van der Waals surface area (Å²) in [6, 6.07) is 7.69. The maximum absolute atomic E-state index is 12.0. The summed E-state index contributed by atoms with van der Waals surface area (Å²) < 4.78 is 13.1. The number of nitrogens with one attached hydrogen (secondary N) is 2. The van der Waals surface area contributed by atoms with E-state index in [0.29, 0.717) is 26.3 Å². The number of aromatic nitrogens is 2. The first-order valence-corrected chi connectivity index (χ1v) is 8.94. The van der Waals surface area contributed by atoms with Crippen molar-refractivity contribution in [1.29, 1.82) is 0 Å². The number of rotatable bonds is 7. The van der Waals surface area contributed by atoms with Gasteiger partial charge < -0.3 is 20.1 Å². The van der Waals surface area contributed by atoms with Crippen LogP contribution in [-0.4, -0.2) is 42.1 Å². The molecule has 7 nitrogen and oxygen atoms in total. The van der Waals surface area contributed by atoms with E-state index in [1.807, 2.05) is 35.1 Å². The van der Waals surface area contributed by atoms with Gasteiger partial charge in [0.25, 0.3) is 0 Å². The third-order valence-electron chi connectivity index (χ3n) is 4.42. The van der Waals surface area contributed by atoms with Gasteiger partial charge in [-0.3, -0.25) is 4.68 Å². The van der Waals surface area contributed by atoms with E-state index >= 15 is 0 Å². The Morgan fingerprint density at radius 3 is 2.81 bits per heavy atom. The van der Waals surface area contributed by atoms with Gasteiger partial charge in [0.2, 0.25) is 0 Å². The molecule has 2 amide bonds. The number of aryl methyl sites for hydroxylation is 1. The minimum absolute atomic E-state index is 0.156. The summed E-state index contributed by atoms with van der Waals surface area (Å²) in [5, 5.41) is 9.97. The molecule has 0 bridgehead atoms. The molecule has 1 aromatic carbocycles. The van der Waals surface area contributed by atoms with Gasteiger partial charge in [-0.05, 0) is 30.2 Å². The fraction of sp³-hybridized carbons (Fsp3) is 0.474. The fourth-order valence-electron chi connectivity index (χ4n) is 2.81. The van der Waals surface area contributed by atoms with Crippen molar-refractivity contribution in [2.75, 3.05) is 26.3 Å². The van der Waals surface area contributed by atoms with E-state index < -0.39 is 0 Å². The van der Waals surface area contributed by atoms with Crippen molar-refractivity contribution in [3.8, 4) is 11.5 Å². The summed E-state index contributed by atoms with van der Waals surface area (Å²) in [5.74, 6) is 1.54. The van der Waals surface area contributed by atoms with Gasteiger partial charge in [-0.2, -0.15) is 5.10 Å². The standard InChI is InChI=1S/C19H26N4O3/c1-19(2,15-5-6-16-17(13-15)26-12-11-25-16)14-21-18(24)20-7-3-9-23-10-4-8-22-23/h4-6,8,10,13H,3,7,9,11-12,14H2,1-2H3,(H2,20,21,24). The van der Waals surface area contributed by atoms with Crippen LogP contribution in [0.25, 0.3) is 0 Å². The molecule has 1 aromatic heterocycles. The Bertz CT molecular complexity index is 728. The van der Waals surface area contributed by atoms with Gasteiger partial charge in [0.15, 0.2) is 11.5 Å². The van der Waals surface area contributed by atoms with E-state index in [0.717, 1.165) is 30.0 Å². The number of nitrogens with zero attached hydrogens (tertiary/aromatic N) is 2. The van der Waals surface area contributed by atoms with Gasteiger partial charge in [0.05, 0.1) is 0 Å². The van der Waals surface area contributed by atoms with Gasteiger partial charge in [-0.1, -0.05) is 19.9 Å². The number of carbonyl (C=O) groups is 1. The number of urea groups is 1. The summed E-state index contributed by atoms with van der Waals surface area (Å²) in [7, 11) is 0. The molecular weight excluding hydrogens is 332 g/mol. The minimum Gasteiger partial charge on any atom is -0.486 e. The molecule has 0 saturated carbocycles. The van der Waals surface area contributed by atoms with Crippen molar-refractivity contribution < 1.29 is 14.3 Å². The second-order valence-electron chi connectivity index (χ2n) is 6.97. The second-order valence-corrected chi connectivity index (χ2v) is 6.97. The summed E-state index contributed by atoms with van der Waals surface area (Å²) in [6.45, 7) is 7.25. The smallest absolute Gasteiger partial charge is 0.314 e. The van der Waals surface area contributed by atoms with Crippen molar-refractivity contribution in [3.63, 3.8) is 0 Å². The Hall–Kier alpha value is -2.70. The van der Waals surface area contributed by atoms with Gasteiger partial charge in [0.1, 0.15) is 13.2 Å². The van der Waals surface area contributed by atoms with Gasteiger partial charge in [-0.25, -0.2) is 4.79 Å². The molecule has 0 spiro atoms. The molecule has 2 aromatic rings. The summed E-state index contributed by atoms with van der Waals surface area (Å²) >= 11 is 0. The maximum Gasteiger partial charge on any atom is 0.314 e. The van der Waals surface area contributed by atoms with Crippen molar-refractivity contribution in [2.45, 2.75) is 32.2 Å². The topological polar surface area (TPSA) is 77.4 Å². The molecule has 2 N–H and O–H groups in total. The monoisotopic (exact) mass is 358 g/mol. The number of hydrogen-bond acceptors (Lipinski definition) is 4. The van der Waals surface area contributed by atoms with E-state index in [1.54, 1.807) is 6.20 Å². The van der Waals surface area contributed by atoms with Crippen LogP contribution in [0.4, 0.5) is 4.79 Å². The molecule has 0 radical (unpaired) electrons. The number of carbonyl (C=O) groups excluding carboxylic acids is 1. The predicted molar refractivity (Wildman–Crippen MR) is 98.7 cm³/mol. The highest BCUT2D eigenvalue weighted by atomic mass is 16.6. The molecule has 0 saturated heterocycles. The first-order valence-electron chi connectivity index (χ1n) is 8.94. The molecule has 7 heteroatoms. The molecule has 1 aliphatic rings. The first-order chi connectivity index (χ1) is 12.5. The van der Waals surface area contributed by atoms with E-state index in [2.05, 4.69) is 29.6 Å². The van der Waals surface area contributed by atoms with Crippen molar-refractivity contribution in [3.05, 3.63) is 42.2 Å². The number of hydrogen-bond donors (Lipinski definition) is 2. The average Bonchev–Trinajstić information content (AvgIpc) is 3.17. The van der Waals surface area contributed by atoms with Crippen molar-refractivity contribution in [1.82, 2.24) is 20.4 Å². The molecule has 0 atom stereocenters. The zero-order chi connectivity index (χ0) is 18.4. The number of amides is 2. The van der Waals surface area contributed by atoms with Crippen LogP contribution < -0.4 is 20.1 Å². The highest BCUT2D eigenvalue weighted by Gasteiger charge is 2.24. The number of fused-ring (bicyclic) bond motifs is 1. The zero-order valence-corrected chi connectivity index (χ0v) is 15.3. The van der Waals surface area contributed by atoms with Crippen LogP contribution in [0.1, 0.15) is 25.8 Å². The van der Waals surface area contributed by atoms with Crippen LogP contribution in [0.2, 0.25) is 0 Å². The lowest BCUT2D eigenvalue weighted by Gasteiger charge is -2.27. The molecule has 140 valence electrons. The molecule has 0 fully saturated rings. The Labute approximate surface area is 153 Å². The molecule has 2 heterocycles. The SMILES string of the molecule is CC(C)(CNC(=O)NCCCn1cccn1)c1ccc2c(c1)OCCO2. The van der Waals surface area contributed by atoms with Gasteiger partial charge in [0, 0.05) is 37.4 Å². The van der Waals surface area contributed by atoms with Crippen LogP contribution in [0, 0.1) is 0 Å². The Morgan fingerprint density at radius 2 is 2.04 bits per heavy atom. The normalized spacial score (nSPS) is 13.3. The second kappa shape index (κ2) is 8.12. The molecular formula is C19H26N4O3. The number of ether oxygens (including phenoxy) is 2. The van der Waals surface area contributed by atoms with Crippen molar-refractivity contribution >= 4 is 6.03 Å². The highest BCUT2D eigenvalue weighted by molar-refractivity contribution is 5.73. The fourth-order valence-corrected chi connectivity index (χ4v) is 2.81. The Kier molecular flexibility index (Phi) is 5.65. The Balaban J connectivity index is 1.44. The van der Waals surface area contributed by atoms with E-state index in [4.69, 9.17) is 9.47 Å². The Morgan fingerprint density at radius 1 is 1.23 bits per heavy atom. The van der Waals surface area contributed by atoms with Gasteiger partial charge >= 0.3 is 6.03 Å². The van der Waals surface area contributed by atoms with Crippen LogP contribution in [-0.2, 0) is 12.0 Å². The number of benzene rings is 1. The third kappa shape index (κ3) is 4.68. The highest BCUT2D eigenvalue weighted by Crippen LogP contribution is 2.34. The van der Waals surface area contributed by atoms with E-state index in [9.17, 15) is 4.79 Å². The molecule has 0 aliphatic carbocycles.